The van der Waals surface area contributed by atoms with E-state index in [1.807, 2.05) is 18.2 Å². The summed E-state index contributed by atoms with van der Waals surface area (Å²) in [7, 11) is -2.21. The number of ether oxygens (including phenoxy) is 1. The number of sulfone groups is 1. The zero-order valence-electron chi connectivity index (χ0n) is 37.0. The van der Waals surface area contributed by atoms with Crippen LogP contribution in [0, 0.1) is 18.3 Å². The number of nitriles is 1. The topological polar surface area (TPSA) is 160 Å². The summed E-state index contributed by atoms with van der Waals surface area (Å²) in [6.07, 6.45) is 9.50. The second kappa shape index (κ2) is 22.0. The van der Waals surface area contributed by atoms with Crippen LogP contribution in [0.4, 0.5) is 16.2 Å². The number of nitrogens with zero attached hydrogens (tertiary/aromatic N) is 3. The number of hydrogen-bond donors (Lipinski definition) is 1. The molecular weight excluding hydrogens is 836 g/mol. The second-order valence-electron chi connectivity index (χ2n) is 16.8. The van der Waals surface area contributed by atoms with Crippen LogP contribution in [0.15, 0.2) is 94.2 Å². The van der Waals surface area contributed by atoms with Crippen molar-refractivity contribution in [1.29, 1.82) is 5.26 Å². The molecule has 5 aromatic rings. The molecule has 1 heterocycles. The second-order valence-corrected chi connectivity index (χ2v) is 19.4. The van der Waals surface area contributed by atoms with Gasteiger partial charge in [-0.2, -0.15) is 5.26 Å². The molecule has 63 heavy (non-hydrogen) atoms. The molecule has 1 aromatic heterocycles. The van der Waals surface area contributed by atoms with Crippen LogP contribution in [0.5, 0.6) is 0 Å². The molecule has 0 aliphatic rings. The lowest BCUT2D eigenvalue weighted by Crippen LogP contribution is -2.42. The minimum absolute atomic E-state index is 0.0212. The third-order valence-corrected chi connectivity index (χ3v) is 13.0. The van der Waals surface area contributed by atoms with Crippen molar-refractivity contribution in [2.45, 2.75) is 115 Å². The quantitative estimate of drug-likeness (QED) is 0.0347. The van der Waals surface area contributed by atoms with Gasteiger partial charge >= 0.3 is 6.09 Å². The van der Waals surface area contributed by atoms with Gasteiger partial charge in [0.05, 0.1) is 21.4 Å². The van der Waals surface area contributed by atoms with Crippen LogP contribution in [0.3, 0.4) is 0 Å². The minimum Gasteiger partial charge on any atom is -0.435 e. The Morgan fingerprint density at radius 1 is 0.905 bits per heavy atom. The Bertz CT molecular complexity index is 2590. The smallest absolute Gasteiger partial charge is 0.415 e. The van der Waals surface area contributed by atoms with Crippen molar-refractivity contribution < 1.29 is 32.0 Å². The number of fused-ring (bicyclic) bond motifs is 1. The molecule has 0 saturated carbocycles. The molecule has 0 aliphatic carbocycles. The third kappa shape index (κ3) is 13.1. The number of aromatic nitrogens is 1. The Hall–Kier alpha value is -5.77. The molecule has 0 bridgehead atoms. The van der Waals surface area contributed by atoms with Crippen molar-refractivity contribution >= 4 is 73.3 Å². The van der Waals surface area contributed by atoms with Gasteiger partial charge in [-0.05, 0) is 84.0 Å². The van der Waals surface area contributed by atoms with Crippen molar-refractivity contribution in [3.63, 3.8) is 0 Å². The highest BCUT2D eigenvalue weighted by Gasteiger charge is 2.34. The molecule has 4 aromatic carbocycles. The number of ketones is 1. The van der Waals surface area contributed by atoms with E-state index < -0.39 is 33.7 Å². The van der Waals surface area contributed by atoms with Gasteiger partial charge < -0.3 is 14.5 Å². The number of unbranched alkanes of at least 4 members (excludes halogenated alkanes) is 9. The predicted octanol–water partition coefficient (Wildman–Crippen LogP) is 12.3. The van der Waals surface area contributed by atoms with Gasteiger partial charge in [-0.3, -0.25) is 14.5 Å². The number of aryl methyl sites for hydroxylation is 1. The van der Waals surface area contributed by atoms with E-state index in [9.17, 15) is 28.1 Å². The van der Waals surface area contributed by atoms with Gasteiger partial charge in [0, 0.05) is 18.3 Å². The summed E-state index contributed by atoms with van der Waals surface area (Å²) in [5.74, 6) is -1.61. The average molecular weight is 894 g/mol. The normalized spacial score (nSPS) is 12.4. The molecular formula is C50H57ClN4O7S. The maximum absolute atomic E-state index is 13.8. The fraction of sp³-hybridized carbons (Fsp3) is 0.380. The fourth-order valence-electron chi connectivity index (χ4n) is 6.99. The summed E-state index contributed by atoms with van der Waals surface area (Å²) in [6.45, 7) is 10.3. The first-order valence-corrected chi connectivity index (χ1v) is 23.6. The molecule has 1 atom stereocenters. The van der Waals surface area contributed by atoms with E-state index in [0.29, 0.717) is 34.3 Å². The predicted molar refractivity (Wildman–Crippen MR) is 251 cm³/mol. The lowest BCUT2D eigenvalue weighted by molar-refractivity contribution is -0.122. The van der Waals surface area contributed by atoms with Gasteiger partial charge in [0.2, 0.25) is 17.8 Å². The van der Waals surface area contributed by atoms with Gasteiger partial charge in [0.1, 0.15) is 17.2 Å². The number of oxazole rings is 1. The molecule has 0 saturated heterocycles. The van der Waals surface area contributed by atoms with Crippen molar-refractivity contribution in [3.05, 3.63) is 118 Å². The van der Waals surface area contributed by atoms with E-state index in [1.54, 1.807) is 49.4 Å². The zero-order valence-corrected chi connectivity index (χ0v) is 38.6. The summed E-state index contributed by atoms with van der Waals surface area (Å²) < 4.78 is 37.9. The summed E-state index contributed by atoms with van der Waals surface area (Å²) in [4.78, 5) is 46.9. The number of anilines is 2. The van der Waals surface area contributed by atoms with Crippen LogP contribution < -0.4 is 10.2 Å². The number of carbonyl (C=O) groups excluding carboxylic acids is 3. The Labute approximate surface area is 376 Å². The van der Waals surface area contributed by atoms with Crippen LogP contribution in [0.25, 0.3) is 22.7 Å². The first-order valence-electron chi connectivity index (χ1n) is 21.5. The van der Waals surface area contributed by atoms with Crippen molar-refractivity contribution in [1.82, 2.24) is 4.98 Å². The van der Waals surface area contributed by atoms with Crippen LogP contribution in [0.2, 0.25) is 5.02 Å². The van der Waals surface area contributed by atoms with Gasteiger partial charge in [-0.25, -0.2) is 18.2 Å². The highest BCUT2D eigenvalue weighted by molar-refractivity contribution is 7.91. The number of amides is 2. The number of allylic oxidation sites excluding steroid dienone is 1. The molecule has 2 amide bonds. The Morgan fingerprint density at radius 3 is 2.19 bits per heavy atom. The number of rotatable bonds is 20. The number of benzene rings is 4. The standard InChI is InChI=1S/C50H57ClN4O7S/c1-7-8-9-10-11-12-13-14-15-19-28-63(59,60)40-25-26-42(41(51)32-40)53-47(57)46(45(56)35-20-17-16-18-21-35)62-49(58)55(6)39-24-22-36(34(2)29-39)30-37(33-52)48-54-43-31-38(50(3,4)5)23-27-44(43)61-48/h16-18,20-27,29-32,46H,7-15,19,28H2,1-6H3,(H,53,57)/b37-30+. The highest BCUT2D eigenvalue weighted by atomic mass is 35.5. The number of nitrogens with one attached hydrogen (secondary N) is 1. The fourth-order valence-corrected chi connectivity index (χ4v) is 8.67. The maximum Gasteiger partial charge on any atom is 0.415 e. The van der Waals surface area contributed by atoms with Gasteiger partial charge in [0.15, 0.2) is 15.4 Å². The molecule has 332 valence electrons. The van der Waals surface area contributed by atoms with Crippen LogP contribution >= 0.6 is 11.6 Å². The largest absolute Gasteiger partial charge is 0.435 e. The third-order valence-electron chi connectivity index (χ3n) is 10.9. The number of hydrogen-bond acceptors (Lipinski definition) is 9. The monoisotopic (exact) mass is 892 g/mol. The van der Waals surface area contributed by atoms with E-state index in [0.717, 1.165) is 36.1 Å². The van der Waals surface area contributed by atoms with Crippen molar-refractivity contribution in [2.75, 3.05) is 23.0 Å². The lowest BCUT2D eigenvalue weighted by atomic mass is 9.87. The average Bonchev–Trinajstić information content (AvgIpc) is 3.69. The SMILES string of the molecule is CCCCCCCCCCCCS(=O)(=O)c1ccc(NC(=O)C(OC(=O)N(C)c2ccc(/C=C(\C#N)c3nc4cc(C(C)(C)C)ccc4o3)c(C)c2)C(=O)c2ccccc2)c(Cl)c1. The molecule has 1 N–H and O–H groups in total. The first-order chi connectivity index (χ1) is 30.0. The summed E-state index contributed by atoms with van der Waals surface area (Å²) >= 11 is 6.51. The van der Waals surface area contributed by atoms with E-state index in [2.05, 4.69) is 44.1 Å². The molecule has 11 nitrogen and oxygen atoms in total. The Balaban J connectivity index is 1.26. The van der Waals surface area contributed by atoms with Gasteiger partial charge in [-0.1, -0.05) is 140 Å². The molecule has 0 radical (unpaired) electrons. The van der Waals surface area contributed by atoms with Crippen LogP contribution in [-0.2, 0) is 24.8 Å². The molecule has 0 aliphatic heterocycles. The Morgan fingerprint density at radius 2 is 1.57 bits per heavy atom. The van der Waals surface area contributed by atoms with E-state index >= 15 is 0 Å². The van der Waals surface area contributed by atoms with E-state index in [1.165, 1.54) is 69.5 Å². The number of halogens is 1. The zero-order chi connectivity index (χ0) is 45.7. The van der Waals surface area contributed by atoms with Gasteiger partial charge in [0.25, 0.3) is 5.91 Å². The van der Waals surface area contributed by atoms with Gasteiger partial charge in [-0.15, -0.1) is 0 Å². The number of Topliss-reactive ketones (excluding diaryl/α,β-unsaturated/α-hetero) is 1. The first kappa shape index (κ1) is 48.3. The summed E-state index contributed by atoms with van der Waals surface area (Å²) in [5, 5.41) is 12.6. The summed E-state index contributed by atoms with van der Waals surface area (Å²) in [5.41, 5.74) is 4.32. The van der Waals surface area contributed by atoms with Crippen LogP contribution in [-0.4, -0.2) is 50.1 Å². The highest BCUT2D eigenvalue weighted by Crippen LogP contribution is 2.31. The maximum atomic E-state index is 13.8. The molecule has 0 fully saturated rings. The summed E-state index contributed by atoms with van der Waals surface area (Å²) in [6, 6.07) is 24.9. The van der Waals surface area contributed by atoms with Crippen molar-refractivity contribution in [2.24, 2.45) is 0 Å². The molecule has 1 unspecified atom stereocenters. The molecule has 0 spiro atoms. The van der Waals surface area contributed by atoms with Crippen LogP contribution in [0.1, 0.15) is 125 Å². The van der Waals surface area contributed by atoms with E-state index in [-0.39, 0.29) is 43.8 Å². The molecule has 5 rings (SSSR count). The lowest BCUT2D eigenvalue weighted by Gasteiger charge is -2.22. The van der Waals surface area contributed by atoms with E-state index in [4.69, 9.17) is 20.8 Å². The molecule has 13 heteroatoms. The minimum atomic E-state index is -3.64. The number of carbonyl (C=O) groups is 3. The van der Waals surface area contributed by atoms with Crippen molar-refractivity contribution in [3.8, 4) is 6.07 Å². The Kier molecular flexibility index (Phi) is 16.9.